The second kappa shape index (κ2) is 3.40. The van der Waals surface area contributed by atoms with E-state index >= 15 is 0 Å². The summed E-state index contributed by atoms with van der Waals surface area (Å²) in [6.07, 6.45) is 2.22. The summed E-state index contributed by atoms with van der Waals surface area (Å²) in [5.74, 6) is 0.366. The molecule has 17 heavy (non-hydrogen) atoms. The van der Waals surface area contributed by atoms with Gasteiger partial charge < -0.3 is 0 Å². The van der Waals surface area contributed by atoms with Crippen molar-refractivity contribution >= 4 is 27.2 Å². The van der Waals surface area contributed by atoms with Gasteiger partial charge in [-0.3, -0.25) is 9.69 Å². The summed E-state index contributed by atoms with van der Waals surface area (Å²) in [7, 11) is 0. The number of hydrogen-bond acceptors (Lipinski definition) is 3. The van der Waals surface area contributed by atoms with E-state index in [0.717, 1.165) is 24.4 Å². The lowest BCUT2D eigenvalue weighted by atomic mass is 9.99. The molecule has 2 nitrogen and oxygen atoms in total. The molecule has 0 saturated carbocycles. The minimum Gasteiger partial charge on any atom is -0.291 e. The quantitative estimate of drug-likeness (QED) is 0.708. The second-order valence-corrected chi connectivity index (χ2v) is 5.95. The Bertz CT molecular complexity index is 616. The highest BCUT2D eigenvalue weighted by molar-refractivity contribution is 7.21. The van der Waals surface area contributed by atoms with Crippen LogP contribution in [0.15, 0.2) is 24.3 Å². The number of benzene rings is 1. The molecule has 4 rings (SSSR count). The van der Waals surface area contributed by atoms with Crippen LogP contribution in [0, 0.1) is 0 Å². The molecular formula is C14H13NOS. The minimum absolute atomic E-state index is 0.176. The molecule has 1 unspecified atom stereocenters. The summed E-state index contributed by atoms with van der Waals surface area (Å²) in [6, 6.07) is 8.56. The Morgan fingerprint density at radius 2 is 2.18 bits per heavy atom. The first kappa shape index (κ1) is 9.80. The fourth-order valence-electron chi connectivity index (χ4n) is 3.12. The molecule has 1 aromatic carbocycles. The second-order valence-electron chi connectivity index (χ2n) is 4.90. The predicted molar refractivity (Wildman–Crippen MR) is 69.6 cm³/mol. The third-order valence-electron chi connectivity index (χ3n) is 3.95. The zero-order valence-electron chi connectivity index (χ0n) is 9.48. The highest BCUT2D eigenvalue weighted by atomic mass is 32.1. The zero-order valence-corrected chi connectivity index (χ0v) is 10.3. The molecule has 0 bridgehead atoms. The van der Waals surface area contributed by atoms with Crippen molar-refractivity contribution in [3.63, 3.8) is 0 Å². The Kier molecular flexibility index (Phi) is 1.96. The number of thiophene rings is 1. The number of hydrogen-bond donors (Lipinski definition) is 0. The van der Waals surface area contributed by atoms with Gasteiger partial charge in [-0.15, -0.1) is 11.3 Å². The van der Waals surface area contributed by atoms with E-state index in [4.69, 9.17) is 0 Å². The standard InChI is InChI=1S/C14H13NOS/c16-13-11-5-3-7-15(11)8-10-9-4-1-2-6-12(9)17-14(10)13/h1-2,4,6,11H,3,5,7-8H2. The summed E-state index contributed by atoms with van der Waals surface area (Å²) in [4.78, 5) is 15.8. The molecule has 2 aliphatic heterocycles. The van der Waals surface area contributed by atoms with Crippen LogP contribution in [0.2, 0.25) is 0 Å². The van der Waals surface area contributed by atoms with Gasteiger partial charge >= 0.3 is 0 Å². The highest BCUT2D eigenvalue weighted by Gasteiger charge is 2.38. The minimum atomic E-state index is 0.176. The van der Waals surface area contributed by atoms with E-state index in [2.05, 4.69) is 29.2 Å². The first-order valence-corrected chi connectivity index (χ1v) is 6.95. The third-order valence-corrected chi connectivity index (χ3v) is 5.18. The first-order valence-electron chi connectivity index (χ1n) is 6.13. The average molecular weight is 243 g/mol. The SMILES string of the molecule is O=C1c2sc3ccccc3c2CN2CCCC12. The molecule has 1 atom stereocenters. The first-order chi connectivity index (χ1) is 8.34. The molecule has 3 heterocycles. The molecule has 0 aliphatic carbocycles. The number of carbonyl (C=O) groups excluding carboxylic acids is 1. The lowest BCUT2D eigenvalue weighted by Gasteiger charge is -2.28. The van der Waals surface area contributed by atoms with E-state index in [9.17, 15) is 4.79 Å². The molecule has 3 heteroatoms. The largest absolute Gasteiger partial charge is 0.291 e. The van der Waals surface area contributed by atoms with Crippen LogP contribution in [0.25, 0.3) is 10.1 Å². The number of ketones is 1. The van der Waals surface area contributed by atoms with E-state index in [-0.39, 0.29) is 6.04 Å². The van der Waals surface area contributed by atoms with Crippen molar-refractivity contribution in [3.05, 3.63) is 34.7 Å². The maximum atomic E-state index is 12.4. The van der Waals surface area contributed by atoms with E-state index in [1.165, 1.54) is 22.1 Å². The maximum absolute atomic E-state index is 12.4. The Labute approximate surface area is 104 Å². The number of rotatable bonds is 0. The molecule has 1 aromatic heterocycles. The number of carbonyl (C=O) groups is 1. The lowest BCUT2D eigenvalue weighted by molar-refractivity contribution is 0.0840. The summed E-state index contributed by atoms with van der Waals surface area (Å²) < 4.78 is 1.26. The van der Waals surface area contributed by atoms with E-state index in [1.54, 1.807) is 11.3 Å². The van der Waals surface area contributed by atoms with E-state index in [1.807, 2.05) is 0 Å². The van der Waals surface area contributed by atoms with Crippen LogP contribution in [0.5, 0.6) is 0 Å². The fraction of sp³-hybridized carbons (Fsp3) is 0.357. The number of Topliss-reactive ketones (excluding diaryl/α,β-unsaturated/α-hetero) is 1. The van der Waals surface area contributed by atoms with Gasteiger partial charge in [0.25, 0.3) is 0 Å². The molecule has 1 fully saturated rings. The fourth-order valence-corrected chi connectivity index (χ4v) is 4.32. The molecule has 2 aromatic rings. The van der Waals surface area contributed by atoms with Crippen LogP contribution < -0.4 is 0 Å². The molecule has 0 amide bonds. The molecular weight excluding hydrogens is 230 g/mol. The maximum Gasteiger partial charge on any atom is 0.190 e. The molecule has 0 N–H and O–H groups in total. The van der Waals surface area contributed by atoms with Crippen molar-refractivity contribution in [2.45, 2.75) is 25.4 Å². The van der Waals surface area contributed by atoms with Gasteiger partial charge in [0.1, 0.15) is 0 Å². The van der Waals surface area contributed by atoms with Crippen LogP contribution in [-0.2, 0) is 6.54 Å². The van der Waals surface area contributed by atoms with E-state index in [0.29, 0.717) is 5.78 Å². The van der Waals surface area contributed by atoms with Crippen LogP contribution in [0.1, 0.15) is 28.1 Å². The van der Waals surface area contributed by atoms with Crippen LogP contribution >= 0.6 is 11.3 Å². The van der Waals surface area contributed by atoms with Crippen LogP contribution in [-0.4, -0.2) is 23.3 Å². The van der Waals surface area contributed by atoms with Gasteiger partial charge in [0.15, 0.2) is 5.78 Å². The zero-order chi connectivity index (χ0) is 11.4. The Morgan fingerprint density at radius 1 is 1.29 bits per heavy atom. The summed E-state index contributed by atoms with van der Waals surface area (Å²) >= 11 is 1.68. The molecule has 0 spiro atoms. The topological polar surface area (TPSA) is 20.3 Å². The lowest BCUT2D eigenvalue weighted by Crippen LogP contribution is -2.39. The average Bonchev–Trinajstić information content (AvgIpc) is 2.94. The van der Waals surface area contributed by atoms with Gasteiger partial charge in [0.2, 0.25) is 0 Å². The van der Waals surface area contributed by atoms with Crippen LogP contribution in [0.3, 0.4) is 0 Å². The summed E-state index contributed by atoms with van der Waals surface area (Å²) in [5, 5.41) is 1.28. The highest BCUT2D eigenvalue weighted by Crippen LogP contribution is 2.39. The van der Waals surface area contributed by atoms with Crippen molar-refractivity contribution in [2.75, 3.05) is 6.54 Å². The normalized spacial score (nSPS) is 24.0. The van der Waals surface area contributed by atoms with Crippen molar-refractivity contribution in [1.29, 1.82) is 0 Å². The third kappa shape index (κ3) is 1.27. The van der Waals surface area contributed by atoms with Gasteiger partial charge in [-0.2, -0.15) is 0 Å². The van der Waals surface area contributed by atoms with Gasteiger partial charge in [-0.1, -0.05) is 18.2 Å². The predicted octanol–water partition coefficient (Wildman–Crippen LogP) is 3.06. The van der Waals surface area contributed by atoms with Crippen molar-refractivity contribution in [2.24, 2.45) is 0 Å². The Balaban J connectivity index is 1.96. The van der Waals surface area contributed by atoms with Gasteiger partial charge in [0, 0.05) is 11.2 Å². The van der Waals surface area contributed by atoms with Gasteiger partial charge in [-0.25, -0.2) is 0 Å². The summed E-state index contributed by atoms with van der Waals surface area (Å²) in [5.41, 5.74) is 1.27. The Hall–Kier alpha value is -1.19. The molecule has 1 saturated heterocycles. The van der Waals surface area contributed by atoms with Gasteiger partial charge in [0.05, 0.1) is 10.9 Å². The van der Waals surface area contributed by atoms with Crippen molar-refractivity contribution in [3.8, 4) is 0 Å². The Morgan fingerprint density at radius 3 is 3.12 bits per heavy atom. The number of nitrogens with zero attached hydrogens (tertiary/aromatic N) is 1. The van der Waals surface area contributed by atoms with E-state index < -0.39 is 0 Å². The molecule has 86 valence electrons. The monoisotopic (exact) mass is 243 g/mol. The van der Waals surface area contributed by atoms with Crippen LogP contribution in [0.4, 0.5) is 0 Å². The molecule has 2 aliphatic rings. The van der Waals surface area contributed by atoms with Gasteiger partial charge in [-0.05, 0) is 36.4 Å². The van der Waals surface area contributed by atoms with Crippen molar-refractivity contribution in [1.82, 2.24) is 4.90 Å². The summed E-state index contributed by atoms with van der Waals surface area (Å²) in [6.45, 7) is 2.05. The smallest absolute Gasteiger partial charge is 0.190 e. The molecule has 0 radical (unpaired) electrons. The van der Waals surface area contributed by atoms with Crippen molar-refractivity contribution < 1.29 is 4.79 Å². The number of fused-ring (bicyclic) bond motifs is 4.